The standard InChI is InChI=1S/C9H14N2/c10-9-2-1-6(3-9)7-4-11-5-8(7)9/h1-2,6-8,11H,3-5,10H2. The molecule has 0 radical (unpaired) electrons. The summed E-state index contributed by atoms with van der Waals surface area (Å²) in [6.07, 6.45) is 5.78. The topological polar surface area (TPSA) is 38.0 Å². The van der Waals surface area contributed by atoms with Gasteiger partial charge in [0.2, 0.25) is 0 Å². The first kappa shape index (κ1) is 6.21. The van der Waals surface area contributed by atoms with Crippen molar-refractivity contribution in [3.63, 3.8) is 0 Å². The minimum atomic E-state index is 0.0683. The van der Waals surface area contributed by atoms with E-state index in [1.54, 1.807) is 0 Å². The van der Waals surface area contributed by atoms with Crippen LogP contribution in [0, 0.1) is 17.8 Å². The van der Waals surface area contributed by atoms with E-state index >= 15 is 0 Å². The van der Waals surface area contributed by atoms with Gasteiger partial charge < -0.3 is 11.1 Å². The fourth-order valence-corrected chi connectivity index (χ4v) is 3.15. The zero-order valence-electron chi connectivity index (χ0n) is 6.59. The molecule has 1 heterocycles. The van der Waals surface area contributed by atoms with Crippen LogP contribution in [-0.4, -0.2) is 18.6 Å². The third-order valence-electron chi connectivity index (χ3n) is 3.74. The van der Waals surface area contributed by atoms with Crippen molar-refractivity contribution in [3.05, 3.63) is 12.2 Å². The Morgan fingerprint density at radius 1 is 1.45 bits per heavy atom. The fourth-order valence-electron chi connectivity index (χ4n) is 3.15. The minimum Gasteiger partial charge on any atom is -0.322 e. The molecule has 60 valence electrons. The Labute approximate surface area is 66.8 Å². The summed E-state index contributed by atoms with van der Waals surface area (Å²) >= 11 is 0. The first-order valence-corrected chi connectivity index (χ1v) is 4.48. The molecule has 1 aliphatic heterocycles. The Kier molecular flexibility index (Phi) is 0.958. The van der Waals surface area contributed by atoms with Crippen molar-refractivity contribution in [1.82, 2.24) is 5.32 Å². The largest absolute Gasteiger partial charge is 0.322 e. The monoisotopic (exact) mass is 150 g/mol. The summed E-state index contributed by atoms with van der Waals surface area (Å²) in [6.45, 7) is 2.33. The van der Waals surface area contributed by atoms with E-state index in [4.69, 9.17) is 5.73 Å². The SMILES string of the molecule is NC12C=CC(C1)C1CNCC12. The maximum absolute atomic E-state index is 6.26. The lowest BCUT2D eigenvalue weighted by Crippen LogP contribution is -2.43. The molecule has 0 amide bonds. The highest BCUT2D eigenvalue weighted by Gasteiger charge is 2.54. The van der Waals surface area contributed by atoms with Gasteiger partial charge in [-0.1, -0.05) is 12.2 Å². The van der Waals surface area contributed by atoms with Crippen molar-refractivity contribution < 1.29 is 0 Å². The highest BCUT2D eigenvalue weighted by molar-refractivity contribution is 5.27. The molecule has 11 heavy (non-hydrogen) atoms. The van der Waals surface area contributed by atoms with Gasteiger partial charge in [0.15, 0.2) is 0 Å². The molecule has 4 atom stereocenters. The molecular formula is C9H14N2. The number of nitrogens with two attached hydrogens (primary N) is 1. The normalized spacial score (nSPS) is 58.8. The van der Waals surface area contributed by atoms with Crippen LogP contribution >= 0.6 is 0 Å². The summed E-state index contributed by atoms with van der Waals surface area (Å²) < 4.78 is 0. The van der Waals surface area contributed by atoms with Crippen LogP contribution < -0.4 is 11.1 Å². The van der Waals surface area contributed by atoms with Crippen LogP contribution in [0.15, 0.2) is 12.2 Å². The second kappa shape index (κ2) is 1.70. The number of fused-ring (bicyclic) bond motifs is 5. The predicted molar refractivity (Wildman–Crippen MR) is 44.0 cm³/mol. The summed E-state index contributed by atoms with van der Waals surface area (Å²) in [4.78, 5) is 0. The van der Waals surface area contributed by atoms with Gasteiger partial charge in [-0.25, -0.2) is 0 Å². The van der Waals surface area contributed by atoms with E-state index in [-0.39, 0.29) is 5.54 Å². The van der Waals surface area contributed by atoms with Gasteiger partial charge in [-0.3, -0.25) is 0 Å². The summed E-state index contributed by atoms with van der Waals surface area (Å²) in [5.74, 6) is 2.38. The zero-order valence-corrected chi connectivity index (χ0v) is 6.59. The maximum atomic E-state index is 6.26. The Hall–Kier alpha value is -0.340. The third kappa shape index (κ3) is 0.603. The molecule has 2 aliphatic carbocycles. The van der Waals surface area contributed by atoms with Gasteiger partial charge in [0, 0.05) is 12.1 Å². The summed E-state index contributed by atoms with van der Waals surface area (Å²) in [7, 11) is 0. The molecule has 2 nitrogen and oxygen atoms in total. The first-order chi connectivity index (χ1) is 5.30. The lowest BCUT2D eigenvalue weighted by atomic mass is 9.82. The molecule has 1 saturated heterocycles. The smallest absolute Gasteiger partial charge is 0.0389 e. The van der Waals surface area contributed by atoms with E-state index in [1.165, 1.54) is 13.0 Å². The Morgan fingerprint density at radius 2 is 2.36 bits per heavy atom. The van der Waals surface area contributed by atoms with Crippen molar-refractivity contribution >= 4 is 0 Å². The molecule has 0 aromatic rings. The Morgan fingerprint density at radius 3 is 3.18 bits per heavy atom. The highest BCUT2D eigenvalue weighted by atomic mass is 15.0. The number of hydrogen-bond donors (Lipinski definition) is 2. The van der Waals surface area contributed by atoms with Gasteiger partial charge in [-0.05, 0) is 30.7 Å². The van der Waals surface area contributed by atoms with Gasteiger partial charge >= 0.3 is 0 Å². The molecule has 3 aliphatic rings. The van der Waals surface area contributed by atoms with E-state index < -0.39 is 0 Å². The molecule has 0 spiro atoms. The molecule has 3 rings (SSSR count). The number of allylic oxidation sites excluding steroid dienone is 1. The van der Waals surface area contributed by atoms with Crippen LogP contribution in [0.4, 0.5) is 0 Å². The van der Waals surface area contributed by atoms with Gasteiger partial charge in [-0.15, -0.1) is 0 Å². The molecule has 0 aromatic carbocycles. The highest BCUT2D eigenvalue weighted by Crippen LogP contribution is 2.50. The van der Waals surface area contributed by atoms with Crippen LogP contribution in [-0.2, 0) is 0 Å². The maximum Gasteiger partial charge on any atom is 0.0389 e. The number of hydrogen-bond acceptors (Lipinski definition) is 2. The van der Waals surface area contributed by atoms with E-state index in [1.807, 2.05) is 0 Å². The lowest BCUT2D eigenvalue weighted by Gasteiger charge is -2.27. The van der Waals surface area contributed by atoms with E-state index in [2.05, 4.69) is 17.5 Å². The lowest BCUT2D eigenvalue weighted by molar-refractivity contribution is 0.358. The van der Waals surface area contributed by atoms with Crippen LogP contribution in [0.1, 0.15) is 6.42 Å². The average Bonchev–Trinajstić information content (AvgIpc) is 2.53. The number of rotatable bonds is 0. The molecule has 1 saturated carbocycles. The minimum absolute atomic E-state index is 0.0683. The molecule has 4 unspecified atom stereocenters. The van der Waals surface area contributed by atoms with E-state index in [0.717, 1.165) is 24.3 Å². The second-order valence-electron chi connectivity index (χ2n) is 4.27. The van der Waals surface area contributed by atoms with Gasteiger partial charge in [0.25, 0.3) is 0 Å². The molecule has 0 aromatic heterocycles. The van der Waals surface area contributed by atoms with Crippen molar-refractivity contribution in [2.75, 3.05) is 13.1 Å². The summed E-state index contributed by atoms with van der Waals surface area (Å²) in [5, 5.41) is 3.43. The molecular weight excluding hydrogens is 136 g/mol. The quantitative estimate of drug-likeness (QED) is 0.481. The summed E-state index contributed by atoms with van der Waals surface area (Å²) in [5.41, 5.74) is 6.33. The average molecular weight is 150 g/mol. The Balaban J connectivity index is 2.04. The van der Waals surface area contributed by atoms with Crippen molar-refractivity contribution in [1.29, 1.82) is 0 Å². The van der Waals surface area contributed by atoms with Crippen LogP contribution in [0.2, 0.25) is 0 Å². The molecule has 2 heteroatoms. The molecule has 2 fully saturated rings. The summed E-state index contributed by atoms with van der Waals surface area (Å²) in [6, 6.07) is 0. The molecule has 2 bridgehead atoms. The zero-order chi connectivity index (χ0) is 7.47. The van der Waals surface area contributed by atoms with Crippen molar-refractivity contribution in [3.8, 4) is 0 Å². The van der Waals surface area contributed by atoms with Gasteiger partial charge in [0.05, 0.1) is 0 Å². The van der Waals surface area contributed by atoms with Crippen molar-refractivity contribution in [2.45, 2.75) is 12.0 Å². The van der Waals surface area contributed by atoms with Gasteiger partial charge in [0.1, 0.15) is 0 Å². The fraction of sp³-hybridized carbons (Fsp3) is 0.778. The number of nitrogens with one attached hydrogen (secondary N) is 1. The van der Waals surface area contributed by atoms with E-state index in [9.17, 15) is 0 Å². The Bertz CT molecular complexity index is 224. The van der Waals surface area contributed by atoms with Crippen LogP contribution in [0.5, 0.6) is 0 Å². The first-order valence-electron chi connectivity index (χ1n) is 4.48. The van der Waals surface area contributed by atoms with Crippen LogP contribution in [0.25, 0.3) is 0 Å². The second-order valence-corrected chi connectivity index (χ2v) is 4.27. The van der Waals surface area contributed by atoms with Crippen molar-refractivity contribution in [2.24, 2.45) is 23.5 Å². The predicted octanol–water partition coefficient (Wildman–Crippen LogP) is 0.109. The van der Waals surface area contributed by atoms with Crippen LogP contribution in [0.3, 0.4) is 0 Å². The van der Waals surface area contributed by atoms with E-state index in [0.29, 0.717) is 0 Å². The third-order valence-corrected chi connectivity index (χ3v) is 3.74. The molecule has 3 N–H and O–H groups in total. The van der Waals surface area contributed by atoms with Gasteiger partial charge in [-0.2, -0.15) is 0 Å².